The minimum Gasteiger partial charge on any atom is -0.388 e. The van der Waals surface area contributed by atoms with Gasteiger partial charge in [0.15, 0.2) is 0 Å². The molecule has 0 radical (unpaired) electrons. The van der Waals surface area contributed by atoms with Gasteiger partial charge in [0.05, 0.1) is 12.2 Å². The van der Waals surface area contributed by atoms with E-state index in [0.717, 1.165) is 32.2 Å². The van der Waals surface area contributed by atoms with Gasteiger partial charge >= 0.3 is 0 Å². The van der Waals surface area contributed by atoms with Crippen LogP contribution in [-0.4, -0.2) is 49.0 Å². The highest BCUT2D eigenvalue weighted by Gasteiger charge is 2.31. The van der Waals surface area contributed by atoms with Crippen LogP contribution in [0.4, 0.5) is 0 Å². The van der Waals surface area contributed by atoms with Crippen LogP contribution in [0.25, 0.3) is 0 Å². The van der Waals surface area contributed by atoms with E-state index in [0.29, 0.717) is 19.7 Å². The number of aliphatic hydroxyl groups is 1. The first-order valence-electron chi connectivity index (χ1n) is 6.52. The Kier molecular flexibility index (Phi) is 4.36. The normalized spacial score (nSPS) is 28.6. The Morgan fingerprint density at radius 2 is 2.18 bits per heavy atom. The number of carbonyl (C=O) groups is 1. The zero-order chi connectivity index (χ0) is 12.1. The molecule has 98 valence electrons. The van der Waals surface area contributed by atoms with Gasteiger partial charge in [-0.15, -0.1) is 0 Å². The van der Waals surface area contributed by atoms with Gasteiger partial charge in [0, 0.05) is 19.6 Å². The maximum atomic E-state index is 11.8. The van der Waals surface area contributed by atoms with E-state index in [1.807, 2.05) is 0 Å². The topological polar surface area (TPSA) is 70.6 Å². The van der Waals surface area contributed by atoms with E-state index in [2.05, 4.69) is 10.6 Å². The monoisotopic (exact) mass is 242 g/mol. The van der Waals surface area contributed by atoms with Gasteiger partial charge in [0.25, 0.3) is 5.91 Å². The fourth-order valence-electron chi connectivity index (χ4n) is 2.49. The van der Waals surface area contributed by atoms with Gasteiger partial charge < -0.3 is 20.5 Å². The minimum atomic E-state index is -0.698. The van der Waals surface area contributed by atoms with E-state index < -0.39 is 11.7 Å². The van der Waals surface area contributed by atoms with Gasteiger partial charge in [-0.05, 0) is 12.8 Å². The van der Waals surface area contributed by atoms with Crippen molar-refractivity contribution < 1.29 is 14.6 Å². The van der Waals surface area contributed by atoms with Crippen LogP contribution < -0.4 is 10.6 Å². The summed E-state index contributed by atoms with van der Waals surface area (Å²) < 4.78 is 5.36. The number of carbonyl (C=O) groups excluding carboxylic acids is 1. The number of hydrogen-bond donors (Lipinski definition) is 3. The highest BCUT2D eigenvalue weighted by atomic mass is 16.5. The molecule has 5 heteroatoms. The Balaban J connectivity index is 1.74. The molecular formula is C12H22N2O3. The van der Waals surface area contributed by atoms with Crippen molar-refractivity contribution in [2.45, 2.75) is 43.8 Å². The van der Waals surface area contributed by atoms with E-state index in [1.54, 1.807) is 0 Å². The Labute approximate surface area is 102 Å². The molecule has 1 unspecified atom stereocenters. The van der Waals surface area contributed by atoms with Crippen LogP contribution in [0.1, 0.15) is 32.1 Å². The Hall–Kier alpha value is -0.650. The third kappa shape index (κ3) is 3.66. The number of amides is 1. The van der Waals surface area contributed by atoms with Crippen molar-refractivity contribution in [3.63, 3.8) is 0 Å². The first-order chi connectivity index (χ1) is 8.20. The lowest BCUT2D eigenvalue weighted by Crippen LogP contribution is -2.51. The number of nitrogens with one attached hydrogen (secondary N) is 2. The summed E-state index contributed by atoms with van der Waals surface area (Å²) in [5.74, 6) is -0.115. The number of rotatable bonds is 3. The molecule has 0 aromatic heterocycles. The molecule has 0 spiro atoms. The highest BCUT2D eigenvalue weighted by molar-refractivity contribution is 5.81. The summed E-state index contributed by atoms with van der Waals surface area (Å²) >= 11 is 0. The fourth-order valence-corrected chi connectivity index (χ4v) is 2.49. The van der Waals surface area contributed by atoms with Crippen molar-refractivity contribution in [3.8, 4) is 0 Å². The second kappa shape index (κ2) is 5.80. The molecule has 2 aliphatic rings. The van der Waals surface area contributed by atoms with Crippen molar-refractivity contribution in [3.05, 3.63) is 0 Å². The van der Waals surface area contributed by atoms with E-state index in [-0.39, 0.29) is 5.91 Å². The summed E-state index contributed by atoms with van der Waals surface area (Å²) in [7, 11) is 0. The van der Waals surface area contributed by atoms with Crippen LogP contribution in [0.2, 0.25) is 0 Å². The van der Waals surface area contributed by atoms with E-state index in [1.165, 1.54) is 6.42 Å². The van der Waals surface area contributed by atoms with Gasteiger partial charge in [-0.3, -0.25) is 4.79 Å². The standard InChI is InChI=1S/C12H22N2O3/c15-11(10-8-13-6-7-17-10)14-9-12(16)4-2-1-3-5-12/h10,13,16H,1-9H2,(H,14,15). The SMILES string of the molecule is O=C(NCC1(O)CCCCC1)C1CNCCO1. The van der Waals surface area contributed by atoms with Crippen LogP contribution in [0.5, 0.6) is 0 Å². The maximum absolute atomic E-state index is 11.8. The van der Waals surface area contributed by atoms with Crippen molar-refractivity contribution in [2.24, 2.45) is 0 Å². The zero-order valence-electron chi connectivity index (χ0n) is 10.2. The van der Waals surface area contributed by atoms with Gasteiger partial charge in [-0.25, -0.2) is 0 Å². The minimum absolute atomic E-state index is 0.115. The van der Waals surface area contributed by atoms with E-state index in [9.17, 15) is 9.90 Å². The molecule has 0 bridgehead atoms. The average Bonchev–Trinajstić information content (AvgIpc) is 2.38. The molecule has 0 aromatic carbocycles. The second-order valence-electron chi connectivity index (χ2n) is 5.07. The fraction of sp³-hybridized carbons (Fsp3) is 0.917. The van der Waals surface area contributed by atoms with E-state index in [4.69, 9.17) is 4.74 Å². The summed E-state index contributed by atoms with van der Waals surface area (Å²) in [6.45, 7) is 2.28. The lowest BCUT2D eigenvalue weighted by molar-refractivity contribution is -0.135. The summed E-state index contributed by atoms with van der Waals surface area (Å²) in [6, 6.07) is 0. The average molecular weight is 242 g/mol. The van der Waals surface area contributed by atoms with Crippen LogP contribution in [0, 0.1) is 0 Å². The first kappa shape index (κ1) is 12.8. The Morgan fingerprint density at radius 3 is 2.82 bits per heavy atom. The number of ether oxygens (including phenoxy) is 1. The van der Waals surface area contributed by atoms with Crippen molar-refractivity contribution >= 4 is 5.91 Å². The second-order valence-corrected chi connectivity index (χ2v) is 5.07. The van der Waals surface area contributed by atoms with Gasteiger partial charge in [-0.2, -0.15) is 0 Å². The Morgan fingerprint density at radius 1 is 1.41 bits per heavy atom. The van der Waals surface area contributed by atoms with Crippen LogP contribution in [0.3, 0.4) is 0 Å². The van der Waals surface area contributed by atoms with Crippen molar-refractivity contribution in [2.75, 3.05) is 26.2 Å². The van der Waals surface area contributed by atoms with Gasteiger partial charge in [-0.1, -0.05) is 19.3 Å². The molecule has 1 aliphatic heterocycles. The first-order valence-corrected chi connectivity index (χ1v) is 6.52. The molecule has 1 heterocycles. The lowest BCUT2D eigenvalue weighted by atomic mass is 9.85. The van der Waals surface area contributed by atoms with E-state index >= 15 is 0 Å². The summed E-state index contributed by atoms with van der Waals surface area (Å²) in [5, 5.41) is 16.2. The summed E-state index contributed by atoms with van der Waals surface area (Å²) in [5.41, 5.74) is -0.698. The molecular weight excluding hydrogens is 220 g/mol. The molecule has 1 saturated carbocycles. The summed E-state index contributed by atoms with van der Waals surface area (Å²) in [4.78, 5) is 11.8. The van der Waals surface area contributed by atoms with Crippen LogP contribution in [-0.2, 0) is 9.53 Å². The third-order valence-corrected chi connectivity index (χ3v) is 3.60. The molecule has 5 nitrogen and oxygen atoms in total. The van der Waals surface area contributed by atoms with Gasteiger partial charge in [0.1, 0.15) is 6.10 Å². The smallest absolute Gasteiger partial charge is 0.250 e. The molecule has 2 rings (SSSR count). The maximum Gasteiger partial charge on any atom is 0.250 e. The van der Waals surface area contributed by atoms with Crippen molar-refractivity contribution in [1.29, 1.82) is 0 Å². The number of hydrogen-bond acceptors (Lipinski definition) is 4. The molecule has 2 fully saturated rings. The van der Waals surface area contributed by atoms with Crippen LogP contribution in [0.15, 0.2) is 0 Å². The zero-order valence-corrected chi connectivity index (χ0v) is 10.2. The highest BCUT2D eigenvalue weighted by Crippen LogP contribution is 2.27. The molecule has 0 aromatic rings. The third-order valence-electron chi connectivity index (χ3n) is 3.60. The predicted octanol–water partition coefficient (Wildman–Crippen LogP) is -0.214. The largest absolute Gasteiger partial charge is 0.388 e. The molecule has 17 heavy (non-hydrogen) atoms. The Bertz CT molecular complexity index is 258. The lowest BCUT2D eigenvalue weighted by Gasteiger charge is -2.33. The predicted molar refractivity (Wildman–Crippen MR) is 63.7 cm³/mol. The molecule has 1 amide bonds. The quantitative estimate of drug-likeness (QED) is 0.640. The molecule has 3 N–H and O–H groups in total. The summed E-state index contributed by atoms with van der Waals surface area (Å²) in [6.07, 6.45) is 4.46. The van der Waals surface area contributed by atoms with Crippen LogP contribution >= 0.6 is 0 Å². The van der Waals surface area contributed by atoms with Gasteiger partial charge in [0.2, 0.25) is 0 Å². The molecule has 1 atom stereocenters. The molecule has 1 saturated heterocycles. The number of morpholine rings is 1. The molecule has 1 aliphatic carbocycles. The van der Waals surface area contributed by atoms with Crippen molar-refractivity contribution in [1.82, 2.24) is 10.6 Å².